The predicted octanol–water partition coefficient (Wildman–Crippen LogP) is 2.30. The third-order valence-corrected chi connectivity index (χ3v) is 3.77. The van der Waals surface area contributed by atoms with Crippen LogP contribution in [-0.4, -0.2) is 30.6 Å². The normalized spacial score (nSPS) is 25.3. The largest absolute Gasteiger partial charge is 0.328 e. The van der Waals surface area contributed by atoms with E-state index in [1.54, 1.807) is 5.57 Å². The van der Waals surface area contributed by atoms with E-state index in [4.69, 9.17) is 5.73 Å². The van der Waals surface area contributed by atoms with E-state index >= 15 is 0 Å². The van der Waals surface area contributed by atoms with Crippen molar-refractivity contribution in [2.24, 2.45) is 5.73 Å². The van der Waals surface area contributed by atoms with E-state index in [1.165, 1.54) is 64.6 Å². The SMILES string of the molecule is NC1CCN(CCC2=CCCCC2)CC1. The van der Waals surface area contributed by atoms with Crippen LogP contribution in [-0.2, 0) is 0 Å². The van der Waals surface area contributed by atoms with Crippen molar-refractivity contribution in [2.75, 3.05) is 19.6 Å². The molecule has 0 unspecified atom stereocenters. The first kappa shape index (κ1) is 11.2. The van der Waals surface area contributed by atoms with Crippen molar-refractivity contribution in [1.29, 1.82) is 0 Å². The van der Waals surface area contributed by atoms with E-state index in [2.05, 4.69) is 11.0 Å². The van der Waals surface area contributed by atoms with Gasteiger partial charge in [-0.1, -0.05) is 11.6 Å². The second kappa shape index (κ2) is 5.66. The van der Waals surface area contributed by atoms with Gasteiger partial charge in [-0.15, -0.1) is 0 Å². The molecule has 0 saturated carbocycles. The van der Waals surface area contributed by atoms with Crippen LogP contribution in [0.5, 0.6) is 0 Å². The minimum absolute atomic E-state index is 0.468. The maximum absolute atomic E-state index is 5.90. The lowest BCUT2D eigenvalue weighted by atomic mass is 9.96. The molecule has 2 N–H and O–H groups in total. The fourth-order valence-corrected chi connectivity index (χ4v) is 2.61. The molecule has 1 heterocycles. The smallest absolute Gasteiger partial charge is 0.00631 e. The Kier molecular flexibility index (Phi) is 4.21. The summed E-state index contributed by atoms with van der Waals surface area (Å²) >= 11 is 0. The van der Waals surface area contributed by atoms with Gasteiger partial charge < -0.3 is 10.6 Å². The first-order valence-corrected chi connectivity index (χ1v) is 6.50. The van der Waals surface area contributed by atoms with Gasteiger partial charge >= 0.3 is 0 Å². The number of rotatable bonds is 3. The molecule has 1 aliphatic carbocycles. The fraction of sp³-hybridized carbons (Fsp3) is 0.846. The van der Waals surface area contributed by atoms with Gasteiger partial charge in [0.05, 0.1) is 0 Å². The zero-order valence-corrected chi connectivity index (χ0v) is 9.75. The molecule has 0 bridgehead atoms. The van der Waals surface area contributed by atoms with Crippen molar-refractivity contribution in [2.45, 2.75) is 51.0 Å². The number of piperidine rings is 1. The molecule has 0 amide bonds. The van der Waals surface area contributed by atoms with E-state index in [0.717, 1.165) is 0 Å². The molecule has 1 aliphatic heterocycles. The zero-order valence-electron chi connectivity index (χ0n) is 9.75. The molecule has 2 rings (SSSR count). The van der Waals surface area contributed by atoms with Crippen LogP contribution >= 0.6 is 0 Å². The van der Waals surface area contributed by atoms with Crippen LogP contribution in [0, 0.1) is 0 Å². The van der Waals surface area contributed by atoms with Gasteiger partial charge in [-0.25, -0.2) is 0 Å². The summed E-state index contributed by atoms with van der Waals surface area (Å²) in [6, 6.07) is 0.468. The number of nitrogens with zero attached hydrogens (tertiary/aromatic N) is 1. The van der Waals surface area contributed by atoms with Crippen LogP contribution in [0.1, 0.15) is 44.9 Å². The van der Waals surface area contributed by atoms with Crippen molar-refractivity contribution in [3.05, 3.63) is 11.6 Å². The monoisotopic (exact) mass is 208 g/mol. The third-order valence-electron chi connectivity index (χ3n) is 3.77. The Balaban J connectivity index is 1.67. The predicted molar refractivity (Wildman–Crippen MR) is 64.8 cm³/mol. The summed E-state index contributed by atoms with van der Waals surface area (Å²) in [7, 11) is 0. The Morgan fingerprint density at radius 2 is 2.07 bits per heavy atom. The fourth-order valence-electron chi connectivity index (χ4n) is 2.61. The molecule has 2 heteroatoms. The minimum atomic E-state index is 0.468. The highest BCUT2D eigenvalue weighted by Crippen LogP contribution is 2.20. The zero-order chi connectivity index (χ0) is 10.5. The number of hydrogen-bond donors (Lipinski definition) is 1. The average Bonchev–Trinajstić information content (AvgIpc) is 2.30. The maximum Gasteiger partial charge on any atom is 0.00631 e. The Labute approximate surface area is 93.5 Å². The van der Waals surface area contributed by atoms with Gasteiger partial charge in [0, 0.05) is 12.6 Å². The molecular weight excluding hydrogens is 184 g/mol. The summed E-state index contributed by atoms with van der Waals surface area (Å²) in [5.41, 5.74) is 7.60. The van der Waals surface area contributed by atoms with Gasteiger partial charge in [0.2, 0.25) is 0 Å². The van der Waals surface area contributed by atoms with Gasteiger partial charge in [0.25, 0.3) is 0 Å². The molecule has 0 aromatic heterocycles. The molecule has 1 fully saturated rings. The Bertz CT molecular complexity index is 215. The van der Waals surface area contributed by atoms with E-state index in [9.17, 15) is 0 Å². The second-order valence-electron chi connectivity index (χ2n) is 5.04. The van der Waals surface area contributed by atoms with Crippen LogP contribution in [0.3, 0.4) is 0 Å². The van der Waals surface area contributed by atoms with E-state index in [-0.39, 0.29) is 0 Å². The standard InChI is InChI=1S/C13H24N2/c14-13-7-10-15(11-8-13)9-6-12-4-2-1-3-5-12/h4,13H,1-3,5-11,14H2. The van der Waals surface area contributed by atoms with E-state index in [0.29, 0.717) is 6.04 Å². The molecule has 0 aromatic carbocycles. The molecule has 0 radical (unpaired) electrons. The molecule has 2 aliphatic rings. The number of likely N-dealkylation sites (tertiary alicyclic amines) is 1. The van der Waals surface area contributed by atoms with Crippen LogP contribution in [0.25, 0.3) is 0 Å². The highest BCUT2D eigenvalue weighted by Gasteiger charge is 2.15. The van der Waals surface area contributed by atoms with Gasteiger partial charge in [0.15, 0.2) is 0 Å². The molecule has 0 spiro atoms. The van der Waals surface area contributed by atoms with Gasteiger partial charge in [-0.3, -0.25) is 0 Å². The Hall–Kier alpha value is -0.340. The average molecular weight is 208 g/mol. The highest BCUT2D eigenvalue weighted by atomic mass is 15.1. The lowest BCUT2D eigenvalue weighted by Crippen LogP contribution is -2.40. The molecule has 1 saturated heterocycles. The third kappa shape index (κ3) is 3.62. The van der Waals surface area contributed by atoms with Crippen molar-refractivity contribution in [3.8, 4) is 0 Å². The van der Waals surface area contributed by atoms with E-state index in [1.807, 2.05) is 0 Å². The van der Waals surface area contributed by atoms with Crippen molar-refractivity contribution < 1.29 is 0 Å². The summed E-state index contributed by atoms with van der Waals surface area (Å²) in [5, 5.41) is 0. The number of allylic oxidation sites excluding steroid dienone is 1. The molecule has 0 aromatic rings. The second-order valence-corrected chi connectivity index (χ2v) is 5.04. The Morgan fingerprint density at radius 3 is 2.73 bits per heavy atom. The lowest BCUT2D eigenvalue weighted by Gasteiger charge is -2.30. The van der Waals surface area contributed by atoms with Crippen LogP contribution in [0.15, 0.2) is 11.6 Å². The van der Waals surface area contributed by atoms with E-state index < -0.39 is 0 Å². The first-order valence-electron chi connectivity index (χ1n) is 6.50. The van der Waals surface area contributed by atoms with Gasteiger partial charge in [-0.05, 0) is 58.0 Å². The lowest BCUT2D eigenvalue weighted by molar-refractivity contribution is 0.215. The van der Waals surface area contributed by atoms with Gasteiger partial charge in [0.1, 0.15) is 0 Å². The quantitative estimate of drug-likeness (QED) is 0.721. The van der Waals surface area contributed by atoms with Crippen molar-refractivity contribution >= 4 is 0 Å². The maximum atomic E-state index is 5.90. The molecule has 0 atom stereocenters. The molecule has 2 nitrogen and oxygen atoms in total. The summed E-state index contributed by atoms with van der Waals surface area (Å²) < 4.78 is 0. The summed E-state index contributed by atoms with van der Waals surface area (Å²) in [6.45, 7) is 3.70. The number of hydrogen-bond acceptors (Lipinski definition) is 2. The van der Waals surface area contributed by atoms with Crippen molar-refractivity contribution in [1.82, 2.24) is 4.90 Å². The molecule has 15 heavy (non-hydrogen) atoms. The number of nitrogens with two attached hydrogens (primary N) is 1. The highest BCUT2D eigenvalue weighted by molar-refractivity contribution is 5.05. The first-order chi connectivity index (χ1) is 7.34. The van der Waals surface area contributed by atoms with Crippen molar-refractivity contribution in [3.63, 3.8) is 0 Å². The molecular formula is C13H24N2. The minimum Gasteiger partial charge on any atom is -0.328 e. The van der Waals surface area contributed by atoms with Gasteiger partial charge in [-0.2, -0.15) is 0 Å². The summed E-state index contributed by atoms with van der Waals surface area (Å²) in [4.78, 5) is 2.58. The molecule has 86 valence electrons. The summed E-state index contributed by atoms with van der Waals surface area (Å²) in [5.74, 6) is 0. The summed E-state index contributed by atoms with van der Waals surface area (Å²) in [6.07, 6.45) is 11.7. The van der Waals surface area contributed by atoms with Crippen LogP contribution in [0.4, 0.5) is 0 Å². The topological polar surface area (TPSA) is 29.3 Å². The van der Waals surface area contributed by atoms with Crippen LogP contribution in [0.2, 0.25) is 0 Å². The van der Waals surface area contributed by atoms with Crippen LogP contribution < -0.4 is 5.73 Å². The Morgan fingerprint density at radius 1 is 1.27 bits per heavy atom.